The van der Waals surface area contributed by atoms with Gasteiger partial charge in [0, 0.05) is 12.5 Å². The fourth-order valence-electron chi connectivity index (χ4n) is 1.69. The van der Waals surface area contributed by atoms with Crippen molar-refractivity contribution in [1.29, 1.82) is 0 Å². The van der Waals surface area contributed by atoms with E-state index in [2.05, 4.69) is 5.32 Å². The average Bonchev–Trinajstić information content (AvgIpc) is 2.74. The minimum Gasteiger partial charge on any atom is -0.481 e. The van der Waals surface area contributed by atoms with E-state index in [4.69, 9.17) is 15.9 Å². The van der Waals surface area contributed by atoms with Gasteiger partial charge < -0.3 is 21.3 Å². The summed E-state index contributed by atoms with van der Waals surface area (Å²) in [4.78, 5) is 32.6. The molecule has 0 saturated heterocycles. The summed E-state index contributed by atoms with van der Waals surface area (Å²) in [6, 6.07) is -1.24. The SMILES string of the molecule is NC(CCC(=O)O)C(=O)NC1C=CC(C(=O)O)C1. The Bertz CT molecular complexity index is 380. The summed E-state index contributed by atoms with van der Waals surface area (Å²) in [6.45, 7) is 0. The molecule has 0 bridgehead atoms. The standard InChI is InChI=1S/C11H16N2O5/c12-8(3-4-9(14)15)10(16)13-7-2-1-6(5-7)11(17)18/h1-2,6-8H,3-5,12H2,(H,13,16)(H,14,15)(H,17,18). The number of aliphatic carboxylic acids is 2. The van der Waals surface area contributed by atoms with Gasteiger partial charge in [0.05, 0.1) is 12.0 Å². The van der Waals surface area contributed by atoms with Gasteiger partial charge in [-0.15, -0.1) is 0 Å². The van der Waals surface area contributed by atoms with Crippen LogP contribution >= 0.6 is 0 Å². The van der Waals surface area contributed by atoms with Crippen LogP contribution in [0.5, 0.6) is 0 Å². The average molecular weight is 256 g/mol. The Kier molecular flexibility index (Phi) is 4.85. The molecule has 5 N–H and O–H groups in total. The van der Waals surface area contributed by atoms with E-state index in [1.807, 2.05) is 0 Å². The maximum Gasteiger partial charge on any atom is 0.310 e. The molecule has 7 heteroatoms. The number of carboxylic acids is 2. The first-order valence-corrected chi connectivity index (χ1v) is 5.59. The highest BCUT2D eigenvalue weighted by Crippen LogP contribution is 2.18. The van der Waals surface area contributed by atoms with Gasteiger partial charge in [0.2, 0.25) is 5.91 Å². The lowest BCUT2D eigenvalue weighted by Gasteiger charge is -2.15. The first-order chi connectivity index (χ1) is 8.40. The van der Waals surface area contributed by atoms with Crippen LogP contribution in [0.25, 0.3) is 0 Å². The minimum atomic E-state index is -1.01. The van der Waals surface area contributed by atoms with Gasteiger partial charge in [-0.25, -0.2) is 0 Å². The Hall–Kier alpha value is -1.89. The van der Waals surface area contributed by atoms with E-state index in [-0.39, 0.29) is 18.9 Å². The smallest absolute Gasteiger partial charge is 0.310 e. The zero-order chi connectivity index (χ0) is 13.7. The molecule has 0 saturated carbocycles. The molecule has 0 heterocycles. The van der Waals surface area contributed by atoms with Crippen molar-refractivity contribution in [1.82, 2.24) is 5.32 Å². The van der Waals surface area contributed by atoms with Crippen molar-refractivity contribution >= 4 is 17.8 Å². The number of carbonyl (C=O) groups excluding carboxylic acids is 1. The van der Waals surface area contributed by atoms with Gasteiger partial charge in [-0.1, -0.05) is 12.2 Å². The molecule has 0 spiro atoms. The largest absolute Gasteiger partial charge is 0.481 e. The normalized spacial score (nSPS) is 23.6. The second kappa shape index (κ2) is 6.15. The first kappa shape index (κ1) is 14.2. The molecule has 0 aromatic carbocycles. The van der Waals surface area contributed by atoms with E-state index in [0.717, 1.165) is 0 Å². The molecule has 0 aliphatic heterocycles. The Morgan fingerprint density at radius 3 is 2.50 bits per heavy atom. The molecular weight excluding hydrogens is 240 g/mol. The lowest BCUT2D eigenvalue weighted by Crippen LogP contribution is -2.44. The van der Waals surface area contributed by atoms with E-state index in [0.29, 0.717) is 6.42 Å². The van der Waals surface area contributed by atoms with Crippen LogP contribution in [0.15, 0.2) is 12.2 Å². The summed E-state index contributed by atoms with van der Waals surface area (Å²) >= 11 is 0. The van der Waals surface area contributed by atoms with Gasteiger partial charge >= 0.3 is 11.9 Å². The lowest BCUT2D eigenvalue weighted by atomic mass is 10.1. The molecule has 100 valence electrons. The van der Waals surface area contributed by atoms with Crippen molar-refractivity contribution in [3.8, 4) is 0 Å². The molecule has 3 unspecified atom stereocenters. The highest BCUT2D eigenvalue weighted by atomic mass is 16.4. The zero-order valence-electron chi connectivity index (χ0n) is 9.70. The summed E-state index contributed by atoms with van der Waals surface area (Å²) in [6.07, 6.45) is 3.32. The maximum absolute atomic E-state index is 11.6. The quantitative estimate of drug-likeness (QED) is 0.466. The number of rotatable bonds is 6. The maximum atomic E-state index is 11.6. The van der Waals surface area contributed by atoms with E-state index in [1.165, 1.54) is 6.08 Å². The predicted molar refractivity (Wildman–Crippen MR) is 61.7 cm³/mol. The van der Waals surface area contributed by atoms with Crippen LogP contribution in [0.3, 0.4) is 0 Å². The molecule has 1 aliphatic carbocycles. The van der Waals surface area contributed by atoms with E-state index in [9.17, 15) is 14.4 Å². The van der Waals surface area contributed by atoms with Crippen LogP contribution in [-0.2, 0) is 14.4 Å². The fraction of sp³-hybridized carbons (Fsp3) is 0.545. The third kappa shape index (κ3) is 4.17. The Morgan fingerprint density at radius 1 is 1.33 bits per heavy atom. The van der Waals surface area contributed by atoms with Crippen LogP contribution in [-0.4, -0.2) is 40.1 Å². The highest BCUT2D eigenvalue weighted by molar-refractivity contribution is 5.83. The number of hydrogen-bond donors (Lipinski definition) is 4. The molecule has 0 radical (unpaired) electrons. The summed E-state index contributed by atoms with van der Waals surface area (Å²) in [5.74, 6) is -2.99. The van der Waals surface area contributed by atoms with E-state index < -0.39 is 29.8 Å². The predicted octanol–water partition coefficient (Wildman–Crippen LogP) is -0.676. The summed E-state index contributed by atoms with van der Waals surface area (Å²) in [5, 5.41) is 19.8. The monoisotopic (exact) mass is 256 g/mol. The third-order valence-corrected chi connectivity index (χ3v) is 2.73. The summed E-state index contributed by atoms with van der Waals surface area (Å²) < 4.78 is 0. The molecule has 7 nitrogen and oxygen atoms in total. The van der Waals surface area contributed by atoms with Gasteiger partial charge in [-0.3, -0.25) is 14.4 Å². The molecule has 3 atom stereocenters. The number of amides is 1. The van der Waals surface area contributed by atoms with Crippen LogP contribution in [0.4, 0.5) is 0 Å². The van der Waals surface area contributed by atoms with Crippen molar-refractivity contribution < 1.29 is 24.6 Å². The number of nitrogens with two attached hydrogens (primary N) is 1. The van der Waals surface area contributed by atoms with Crippen LogP contribution in [0.1, 0.15) is 19.3 Å². The number of nitrogens with one attached hydrogen (secondary N) is 1. The van der Waals surface area contributed by atoms with Crippen molar-refractivity contribution in [2.45, 2.75) is 31.3 Å². The van der Waals surface area contributed by atoms with Crippen LogP contribution in [0, 0.1) is 5.92 Å². The van der Waals surface area contributed by atoms with Crippen molar-refractivity contribution in [2.75, 3.05) is 0 Å². The topological polar surface area (TPSA) is 130 Å². The zero-order valence-corrected chi connectivity index (χ0v) is 9.70. The van der Waals surface area contributed by atoms with Gasteiger partial charge in [0.1, 0.15) is 0 Å². The molecule has 1 rings (SSSR count). The lowest BCUT2D eigenvalue weighted by molar-refractivity contribution is -0.140. The van der Waals surface area contributed by atoms with E-state index in [1.54, 1.807) is 6.08 Å². The van der Waals surface area contributed by atoms with E-state index >= 15 is 0 Å². The summed E-state index contributed by atoms with van der Waals surface area (Å²) in [7, 11) is 0. The van der Waals surface area contributed by atoms with Crippen molar-refractivity contribution in [3.05, 3.63) is 12.2 Å². The molecule has 18 heavy (non-hydrogen) atoms. The molecular formula is C11H16N2O5. The minimum absolute atomic E-state index is 0.0555. The Balaban J connectivity index is 2.35. The second-order valence-corrected chi connectivity index (χ2v) is 4.22. The highest BCUT2D eigenvalue weighted by Gasteiger charge is 2.26. The number of hydrogen-bond acceptors (Lipinski definition) is 4. The van der Waals surface area contributed by atoms with Crippen LogP contribution in [0.2, 0.25) is 0 Å². The Labute approximate surface area is 104 Å². The Morgan fingerprint density at radius 2 is 2.00 bits per heavy atom. The molecule has 0 aromatic rings. The van der Waals surface area contributed by atoms with Gasteiger partial charge in [0.15, 0.2) is 0 Å². The van der Waals surface area contributed by atoms with Gasteiger partial charge in [0.25, 0.3) is 0 Å². The summed E-state index contributed by atoms with van der Waals surface area (Å²) in [5.41, 5.74) is 5.52. The van der Waals surface area contributed by atoms with Gasteiger partial charge in [-0.2, -0.15) is 0 Å². The van der Waals surface area contributed by atoms with Gasteiger partial charge in [-0.05, 0) is 12.8 Å². The molecule has 1 aliphatic rings. The number of carboxylic acid groups (broad SMARTS) is 2. The molecule has 0 aromatic heterocycles. The molecule has 0 fully saturated rings. The van der Waals surface area contributed by atoms with Crippen LogP contribution < -0.4 is 11.1 Å². The second-order valence-electron chi connectivity index (χ2n) is 4.22. The van der Waals surface area contributed by atoms with Crippen molar-refractivity contribution in [3.63, 3.8) is 0 Å². The fourth-order valence-corrected chi connectivity index (χ4v) is 1.69. The molecule has 1 amide bonds. The van der Waals surface area contributed by atoms with Crippen molar-refractivity contribution in [2.24, 2.45) is 11.7 Å². The third-order valence-electron chi connectivity index (χ3n) is 2.73. The first-order valence-electron chi connectivity index (χ1n) is 5.59. The number of carbonyl (C=O) groups is 3.